The standard InChI is InChI=1S/C12H9BrClN3O/c1-5-9-10(16-15-5)7-3-6(14)4-8(13)11(7)17(2)12(9)18/h3-4H,1-2H3,(H,15,16). The molecule has 3 aromatic rings. The number of hydrogen-bond acceptors (Lipinski definition) is 2. The first-order valence-electron chi connectivity index (χ1n) is 5.33. The van der Waals surface area contributed by atoms with Gasteiger partial charge in [-0.2, -0.15) is 5.10 Å². The van der Waals surface area contributed by atoms with Crippen molar-refractivity contribution in [3.05, 3.63) is 37.7 Å². The number of H-pyrrole nitrogens is 1. The lowest BCUT2D eigenvalue weighted by atomic mass is 10.1. The highest BCUT2D eigenvalue weighted by molar-refractivity contribution is 9.10. The molecule has 6 heteroatoms. The van der Waals surface area contributed by atoms with Crippen molar-refractivity contribution in [3.63, 3.8) is 0 Å². The number of rotatable bonds is 0. The number of nitrogens with zero attached hydrogens (tertiary/aromatic N) is 2. The van der Waals surface area contributed by atoms with Crippen LogP contribution in [-0.4, -0.2) is 14.8 Å². The van der Waals surface area contributed by atoms with Crippen molar-refractivity contribution in [2.45, 2.75) is 6.92 Å². The van der Waals surface area contributed by atoms with E-state index in [0.717, 1.165) is 21.1 Å². The van der Waals surface area contributed by atoms with Crippen LogP contribution in [0.3, 0.4) is 0 Å². The molecule has 2 aromatic heterocycles. The summed E-state index contributed by atoms with van der Waals surface area (Å²) in [6.45, 7) is 1.84. The van der Waals surface area contributed by atoms with Crippen molar-refractivity contribution in [1.82, 2.24) is 14.8 Å². The fraction of sp³-hybridized carbons (Fsp3) is 0.167. The van der Waals surface area contributed by atoms with Crippen LogP contribution in [0.5, 0.6) is 0 Å². The number of aryl methyl sites for hydroxylation is 2. The maximum atomic E-state index is 12.3. The maximum Gasteiger partial charge on any atom is 0.262 e. The van der Waals surface area contributed by atoms with Gasteiger partial charge in [0, 0.05) is 27.6 Å². The van der Waals surface area contributed by atoms with Crippen LogP contribution in [0, 0.1) is 6.92 Å². The zero-order chi connectivity index (χ0) is 13.0. The summed E-state index contributed by atoms with van der Waals surface area (Å²) in [4.78, 5) is 12.3. The summed E-state index contributed by atoms with van der Waals surface area (Å²) in [7, 11) is 1.75. The lowest BCUT2D eigenvalue weighted by Gasteiger charge is -2.08. The van der Waals surface area contributed by atoms with Crippen LogP contribution >= 0.6 is 27.5 Å². The highest BCUT2D eigenvalue weighted by atomic mass is 79.9. The van der Waals surface area contributed by atoms with Crippen LogP contribution in [0.1, 0.15) is 5.69 Å². The van der Waals surface area contributed by atoms with Crippen molar-refractivity contribution in [2.24, 2.45) is 7.05 Å². The third kappa shape index (κ3) is 1.44. The van der Waals surface area contributed by atoms with E-state index in [0.29, 0.717) is 15.9 Å². The first kappa shape index (κ1) is 11.7. The minimum absolute atomic E-state index is 0.0632. The predicted octanol–water partition coefficient (Wildman–Crippen LogP) is 3.14. The molecule has 0 saturated carbocycles. The molecule has 3 rings (SSSR count). The molecule has 1 N–H and O–H groups in total. The minimum Gasteiger partial charge on any atom is -0.310 e. The van der Waals surface area contributed by atoms with Gasteiger partial charge in [-0.1, -0.05) is 11.6 Å². The lowest BCUT2D eigenvalue weighted by Crippen LogP contribution is -2.17. The first-order valence-corrected chi connectivity index (χ1v) is 6.50. The molecule has 0 spiro atoms. The summed E-state index contributed by atoms with van der Waals surface area (Å²) < 4.78 is 2.40. The molecule has 0 aliphatic carbocycles. The molecule has 0 saturated heterocycles. The van der Waals surface area contributed by atoms with Gasteiger partial charge in [-0.15, -0.1) is 0 Å². The zero-order valence-corrected chi connectivity index (χ0v) is 12.1. The highest BCUT2D eigenvalue weighted by Gasteiger charge is 2.15. The summed E-state index contributed by atoms with van der Waals surface area (Å²) >= 11 is 9.51. The van der Waals surface area contributed by atoms with E-state index in [9.17, 15) is 4.79 Å². The normalized spacial score (nSPS) is 11.6. The highest BCUT2D eigenvalue weighted by Crippen LogP contribution is 2.31. The van der Waals surface area contributed by atoms with Gasteiger partial charge in [0.2, 0.25) is 0 Å². The molecule has 18 heavy (non-hydrogen) atoms. The Morgan fingerprint density at radius 2 is 2.17 bits per heavy atom. The third-order valence-corrected chi connectivity index (χ3v) is 3.91. The average Bonchev–Trinajstić information content (AvgIpc) is 2.67. The molecule has 0 bridgehead atoms. The van der Waals surface area contributed by atoms with E-state index in [1.807, 2.05) is 13.0 Å². The molecule has 0 aliphatic heterocycles. The van der Waals surface area contributed by atoms with Gasteiger partial charge < -0.3 is 4.57 Å². The van der Waals surface area contributed by atoms with Gasteiger partial charge in [0.15, 0.2) is 0 Å². The Balaban J connectivity index is 2.75. The quantitative estimate of drug-likeness (QED) is 0.690. The number of fused-ring (bicyclic) bond motifs is 3. The Morgan fingerprint density at radius 3 is 2.89 bits per heavy atom. The Kier molecular flexibility index (Phi) is 2.50. The predicted molar refractivity (Wildman–Crippen MR) is 76.3 cm³/mol. The largest absolute Gasteiger partial charge is 0.310 e. The molecule has 92 valence electrons. The van der Waals surface area contributed by atoms with E-state index >= 15 is 0 Å². The smallest absolute Gasteiger partial charge is 0.262 e. The Labute approximate surface area is 116 Å². The van der Waals surface area contributed by atoms with E-state index in [1.165, 1.54) is 0 Å². The molecular weight excluding hydrogens is 318 g/mol. The summed E-state index contributed by atoms with van der Waals surface area (Å²) in [5.41, 5.74) is 2.16. The van der Waals surface area contributed by atoms with Crippen molar-refractivity contribution < 1.29 is 0 Å². The first-order chi connectivity index (χ1) is 8.50. The minimum atomic E-state index is -0.0632. The second-order valence-electron chi connectivity index (χ2n) is 4.22. The fourth-order valence-corrected chi connectivity index (χ4v) is 3.32. The third-order valence-electron chi connectivity index (χ3n) is 3.08. The second kappa shape index (κ2) is 3.83. The average molecular weight is 327 g/mol. The van der Waals surface area contributed by atoms with Gasteiger partial charge in [-0.3, -0.25) is 9.89 Å². The lowest BCUT2D eigenvalue weighted by molar-refractivity contribution is 0.915. The molecule has 0 aliphatic rings. The van der Waals surface area contributed by atoms with Crippen molar-refractivity contribution in [2.75, 3.05) is 0 Å². The van der Waals surface area contributed by atoms with Gasteiger partial charge >= 0.3 is 0 Å². The number of nitrogens with one attached hydrogen (secondary N) is 1. The maximum absolute atomic E-state index is 12.3. The van der Waals surface area contributed by atoms with Gasteiger partial charge in [-0.05, 0) is 35.0 Å². The van der Waals surface area contributed by atoms with Crippen LogP contribution in [0.15, 0.2) is 21.4 Å². The zero-order valence-electron chi connectivity index (χ0n) is 9.71. The van der Waals surface area contributed by atoms with Crippen molar-refractivity contribution in [1.29, 1.82) is 0 Å². The topological polar surface area (TPSA) is 50.7 Å². The monoisotopic (exact) mass is 325 g/mol. The summed E-state index contributed by atoms with van der Waals surface area (Å²) in [6, 6.07) is 3.60. The number of halogens is 2. The van der Waals surface area contributed by atoms with Gasteiger partial charge in [0.1, 0.15) is 5.52 Å². The molecular formula is C12H9BrClN3O. The Morgan fingerprint density at radius 1 is 1.44 bits per heavy atom. The summed E-state index contributed by atoms with van der Waals surface area (Å²) in [5.74, 6) is 0. The van der Waals surface area contributed by atoms with E-state index in [1.54, 1.807) is 17.7 Å². The number of hydrogen-bond donors (Lipinski definition) is 1. The Hall–Kier alpha value is -1.33. The van der Waals surface area contributed by atoms with E-state index in [-0.39, 0.29) is 5.56 Å². The van der Waals surface area contributed by atoms with Crippen LogP contribution in [0.25, 0.3) is 21.8 Å². The van der Waals surface area contributed by atoms with Crippen LogP contribution in [0.2, 0.25) is 5.02 Å². The van der Waals surface area contributed by atoms with Crippen LogP contribution in [-0.2, 0) is 7.05 Å². The second-order valence-corrected chi connectivity index (χ2v) is 5.51. The molecule has 0 fully saturated rings. The molecule has 1 aromatic carbocycles. The van der Waals surface area contributed by atoms with Crippen molar-refractivity contribution >= 4 is 49.3 Å². The summed E-state index contributed by atoms with van der Waals surface area (Å²) in [6.07, 6.45) is 0. The van der Waals surface area contributed by atoms with Gasteiger partial charge in [0.05, 0.1) is 10.9 Å². The van der Waals surface area contributed by atoms with Crippen molar-refractivity contribution in [3.8, 4) is 0 Å². The molecule has 0 radical (unpaired) electrons. The van der Waals surface area contributed by atoms with E-state index < -0.39 is 0 Å². The summed E-state index contributed by atoms with van der Waals surface area (Å²) in [5, 5.41) is 9.14. The number of benzene rings is 1. The fourth-order valence-electron chi connectivity index (χ4n) is 2.24. The molecule has 0 unspecified atom stereocenters. The van der Waals surface area contributed by atoms with Crippen LogP contribution < -0.4 is 5.56 Å². The molecule has 4 nitrogen and oxygen atoms in total. The van der Waals surface area contributed by atoms with E-state index in [4.69, 9.17) is 11.6 Å². The SMILES string of the molecule is Cc1[nH]nc2c1c(=O)n(C)c1c(Br)cc(Cl)cc21. The molecule has 2 heterocycles. The van der Waals surface area contributed by atoms with Gasteiger partial charge in [0.25, 0.3) is 5.56 Å². The number of aromatic amines is 1. The number of aromatic nitrogens is 3. The van der Waals surface area contributed by atoms with E-state index in [2.05, 4.69) is 26.1 Å². The van der Waals surface area contributed by atoms with Crippen LogP contribution in [0.4, 0.5) is 0 Å². The van der Waals surface area contributed by atoms with Gasteiger partial charge in [-0.25, -0.2) is 0 Å². The molecule has 0 atom stereocenters. The number of pyridine rings is 1. The molecule has 0 amide bonds. The Bertz CT molecular complexity index is 850.